The number of halogens is 2. The number of hydrogen-bond acceptors (Lipinski definition) is 2. The minimum atomic E-state index is -0.296. The van der Waals surface area contributed by atoms with Gasteiger partial charge in [-0.25, -0.2) is 0 Å². The molecule has 0 radical (unpaired) electrons. The van der Waals surface area contributed by atoms with Gasteiger partial charge < -0.3 is 0 Å². The number of carbonyl (C=O) groups excluding carboxylic acids is 2. The molecule has 0 aromatic rings. The van der Waals surface area contributed by atoms with Crippen molar-refractivity contribution < 1.29 is 9.59 Å². The first-order valence-electron chi connectivity index (χ1n) is 4.65. The number of carbonyl (C=O) groups is 2. The molecule has 1 saturated heterocycles. The number of unbranched alkanes of at least 4 members (excludes halogenated alkanes) is 1. The van der Waals surface area contributed by atoms with Crippen molar-refractivity contribution >= 4 is 60.0 Å². The summed E-state index contributed by atoms with van der Waals surface area (Å²) in [6.07, 6.45) is 3.07. The number of amides is 2. The van der Waals surface area contributed by atoms with E-state index < -0.39 is 0 Å². The lowest BCUT2D eigenvalue weighted by atomic mass is 10.4. The first-order chi connectivity index (χ1) is 6.61. The molecule has 0 aliphatic carbocycles. The Morgan fingerprint density at radius 2 is 2.07 bits per heavy atom. The molecule has 0 saturated carbocycles. The fourth-order valence-corrected chi connectivity index (χ4v) is 2.17. The van der Waals surface area contributed by atoms with E-state index >= 15 is 0 Å². The van der Waals surface area contributed by atoms with E-state index in [1.54, 1.807) is 0 Å². The average molecular weight is 343 g/mol. The minimum Gasteiger partial charge on any atom is -0.295 e. The monoisotopic (exact) mass is 341 g/mol. The topological polar surface area (TPSA) is 46.2 Å². The fraction of sp³-hybridized carbons (Fsp3) is 0.750. The standard InChI is InChI=1S/C4H4BrNO2.C4H8Br.Al.2H/c5-2-1-3(7)6-4(2)8;1-2-3-4-5;;;/h2H,1H2,(H,6,7,8);1-4H2;;;. The molecule has 0 spiro atoms. The van der Waals surface area contributed by atoms with Crippen LogP contribution in [0.5, 0.6) is 0 Å². The predicted molar refractivity (Wildman–Crippen MR) is 66.9 cm³/mol. The first kappa shape index (κ1) is 14.6. The average Bonchev–Trinajstić information content (AvgIpc) is 2.42. The molecule has 1 fully saturated rings. The van der Waals surface area contributed by atoms with Gasteiger partial charge in [-0.05, 0) is 6.42 Å². The van der Waals surface area contributed by atoms with Crippen LogP contribution in [-0.2, 0) is 9.59 Å². The van der Waals surface area contributed by atoms with Gasteiger partial charge in [0.1, 0.15) is 4.83 Å². The Balaban J connectivity index is 0.000000255. The predicted octanol–water partition coefficient (Wildman–Crippen LogP) is 1.01. The molecule has 0 aromatic heterocycles. The van der Waals surface area contributed by atoms with Gasteiger partial charge in [0.25, 0.3) is 0 Å². The third-order valence-electron chi connectivity index (χ3n) is 1.65. The summed E-state index contributed by atoms with van der Waals surface area (Å²) < 4.78 is 0. The Hall–Kier alpha value is 0.632. The maximum Gasteiger partial charge on any atom is 0.240 e. The molecule has 3 nitrogen and oxygen atoms in total. The van der Waals surface area contributed by atoms with Gasteiger partial charge in [-0.3, -0.25) is 14.9 Å². The third-order valence-corrected chi connectivity index (χ3v) is 3.66. The molecule has 1 aliphatic rings. The summed E-state index contributed by atoms with van der Waals surface area (Å²) in [4.78, 5) is 20.4. The molecule has 1 heterocycles. The lowest BCUT2D eigenvalue weighted by molar-refractivity contribution is -0.124. The summed E-state index contributed by atoms with van der Waals surface area (Å²) in [5.74, 6) is -0.424. The molecular formula is C8H14AlBr2NO2. The highest BCUT2D eigenvalue weighted by atomic mass is 79.9. The Bertz CT molecular complexity index is 198. The molecule has 6 heteroatoms. The van der Waals surface area contributed by atoms with Crippen LogP contribution < -0.4 is 5.32 Å². The van der Waals surface area contributed by atoms with Gasteiger partial charge in [-0.15, -0.1) is 5.28 Å². The molecule has 1 rings (SSSR count). The third kappa shape index (κ3) is 6.99. The quantitative estimate of drug-likeness (QED) is 0.360. The molecule has 0 aromatic carbocycles. The van der Waals surface area contributed by atoms with Crippen molar-refractivity contribution in [3.63, 3.8) is 0 Å². The summed E-state index contributed by atoms with van der Waals surface area (Å²) in [7, 11) is 0. The highest BCUT2D eigenvalue weighted by Gasteiger charge is 2.27. The highest BCUT2D eigenvalue weighted by molar-refractivity contribution is 9.10. The van der Waals surface area contributed by atoms with E-state index in [-0.39, 0.29) is 23.1 Å². The largest absolute Gasteiger partial charge is 0.295 e. The number of nitrogens with one attached hydrogen (secondary N) is 1. The van der Waals surface area contributed by atoms with Crippen LogP contribution in [0.1, 0.15) is 19.3 Å². The zero-order valence-electron chi connectivity index (χ0n) is 8.19. The van der Waals surface area contributed by atoms with Crippen molar-refractivity contribution in [2.24, 2.45) is 0 Å². The van der Waals surface area contributed by atoms with Crippen LogP contribution in [0.3, 0.4) is 0 Å². The lowest BCUT2D eigenvalue weighted by Gasteiger charge is -1.86. The summed E-state index contributed by atoms with van der Waals surface area (Å²) >= 11 is 7.76. The van der Waals surface area contributed by atoms with Gasteiger partial charge in [0, 0.05) is 11.8 Å². The minimum absolute atomic E-state index is 0.197. The summed E-state index contributed by atoms with van der Waals surface area (Å²) in [5, 5.41) is 4.80. The van der Waals surface area contributed by atoms with Gasteiger partial charge in [-0.1, -0.05) is 38.3 Å². The fourth-order valence-electron chi connectivity index (χ4n) is 0.867. The summed E-state index contributed by atoms with van der Waals surface area (Å²) in [5.41, 5.74) is 0. The molecule has 1 atom stereocenters. The lowest BCUT2D eigenvalue weighted by Crippen LogP contribution is -2.21. The van der Waals surface area contributed by atoms with E-state index in [9.17, 15) is 9.59 Å². The molecule has 0 bridgehead atoms. The van der Waals surface area contributed by atoms with E-state index in [4.69, 9.17) is 0 Å². The van der Waals surface area contributed by atoms with Crippen LogP contribution in [0.2, 0.25) is 5.28 Å². The van der Waals surface area contributed by atoms with Crippen LogP contribution in [-0.4, -0.2) is 38.3 Å². The van der Waals surface area contributed by atoms with Crippen LogP contribution in [0.4, 0.5) is 0 Å². The first-order valence-corrected chi connectivity index (χ1v) is 8.10. The maximum atomic E-state index is 10.4. The molecule has 1 aliphatic heterocycles. The molecule has 14 heavy (non-hydrogen) atoms. The highest BCUT2D eigenvalue weighted by Crippen LogP contribution is 2.10. The van der Waals surface area contributed by atoms with E-state index in [0.717, 1.165) is 0 Å². The van der Waals surface area contributed by atoms with Crippen LogP contribution >= 0.6 is 31.9 Å². The van der Waals surface area contributed by atoms with Crippen molar-refractivity contribution in [1.82, 2.24) is 5.32 Å². The number of hydrogen-bond donors (Lipinski definition) is 1. The second kappa shape index (κ2) is 8.90. The van der Waals surface area contributed by atoms with Crippen LogP contribution in [0, 0.1) is 0 Å². The van der Waals surface area contributed by atoms with Gasteiger partial charge in [0.15, 0.2) is 0 Å². The zero-order valence-corrected chi connectivity index (χ0v) is 13.4. The maximum absolute atomic E-state index is 10.4. The normalized spacial score (nSPS) is 20.0. The Morgan fingerprint density at radius 1 is 1.43 bits per heavy atom. The molecule has 1 N–H and O–H groups in total. The molecule has 1 unspecified atom stereocenters. The van der Waals surface area contributed by atoms with Gasteiger partial charge in [-0.2, -0.15) is 0 Å². The number of imide groups is 1. The Labute approximate surface area is 109 Å². The van der Waals surface area contributed by atoms with Gasteiger partial charge in [0.2, 0.25) is 28.1 Å². The van der Waals surface area contributed by atoms with E-state index in [1.165, 1.54) is 39.7 Å². The number of alkyl halides is 2. The van der Waals surface area contributed by atoms with E-state index in [1.807, 2.05) is 0 Å². The van der Waals surface area contributed by atoms with Crippen molar-refractivity contribution in [3.05, 3.63) is 0 Å². The smallest absolute Gasteiger partial charge is 0.240 e. The van der Waals surface area contributed by atoms with Gasteiger partial charge in [0.05, 0.1) is 0 Å². The van der Waals surface area contributed by atoms with Crippen LogP contribution in [0.15, 0.2) is 0 Å². The number of rotatable bonds is 3. The van der Waals surface area contributed by atoms with Crippen molar-refractivity contribution in [3.8, 4) is 0 Å². The molecule has 2 amide bonds. The molecule has 80 valence electrons. The molecular weight excluding hydrogens is 329 g/mol. The van der Waals surface area contributed by atoms with Crippen molar-refractivity contribution in [2.45, 2.75) is 29.4 Å². The second-order valence-corrected chi connectivity index (χ2v) is 5.88. The van der Waals surface area contributed by atoms with Crippen molar-refractivity contribution in [2.75, 3.05) is 5.33 Å². The second-order valence-electron chi connectivity index (χ2n) is 2.98. The summed E-state index contributed by atoms with van der Waals surface area (Å²) in [6, 6.07) is 0. The van der Waals surface area contributed by atoms with E-state index in [0.29, 0.717) is 0 Å². The Morgan fingerprint density at radius 3 is 2.21 bits per heavy atom. The Kier molecular flexibility index (Phi) is 9.30. The zero-order chi connectivity index (χ0) is 11.0. The van der Waals surface area contributed by atoms with E-state index in [2.05, 4.69) is 37.2 Å². The summed E-state index contributed by atoms with van der Waals surface area (Å²) in [6.45, 7) is 0. The van der Waals surface area contributed by atoms with Gasteiger partial charge >= 0.3 is 0 Å². The van der Waals surface area contributed by atoms with Crippen LogP contribution in [0.25, 0.3) is 0 Å². The van der Waals surface area contributed by atoms with Crippen molar-refractivity contribution in [1.29, 1.82) is 0 Å². The SMILES string of the molecule is O=C1CC(Br)C(=O)N1.[AlH2][CH2]CCCBr.